The quantitative estimate of drug-likeness (QED) is 0.362. The summed E-state index contributed by atoms with van der Waals surface area (Å²) in [6.07, 6.45) is 2.06. The first-order chi connectivity index (χ1) is 11.3. The second-order valence-corrected chi connectivity index (χ2v) is 5.71. The summed E-state index contributed by atoms with van der Waals surface area (Å²) in [5.41, 5.74) is 2.75. The molecule has 8 nitrogen and oxygen atoms in total. The Morgan fingerprint density at radius 3 is 2.67 bits per heavy atom. The number of ether oxygens (including phenoxy) is 1. The molecule has 0 aliphatic carbocycles. The van der Waals surface area contributed by atoms with E-state index in [1.165, 1.54) is 6.21 Å². The van der Waals surface area contributed by atoms with E-state index in [0.29, 0.717) is 22.2 Å². The Morgan fingerprint density at radius 1 is 1.38 bits per heavy atom. The molecular weight excluding hydrogens is 382 g/mol. The molecule has 1 rings (SSSR count). The van der Waals surface area contributed by atoms with Gasteiger partial charge in [-0.3, -0.25) is 9.59 Å². The van der Waals surface area contributed by atoms with Gasteiger partial charge in [-0.05, 0) is 53.0 Å². The molecule has 1 aromatic carbocycles. The lowest BCUT2D eigenvalue weighted by Gasteiger charge is -2.09. The second kappa shape index (κ2) is 9.66. The van der Waals surface area contributed by atoms with Crippen LogP contribution < -0.4 is 15.5 Å². The molecule has 0 aromatic heterocycles. The number of halogens is 1. The molecule has 0 radical (unpaired) electrons. The Balaban J connectivity index is 2.58. The summed E-state index contributed by atoms with van der Waals surface area (Å²) >= 11 is 3.25. The Labute approximate surface area is 147 Å². The predicted octanol–water partition coefficient (Wildman–Crippen LogP) is 1.28. The highest BCUT2D eigenvalue weighted by molar-refractivity contribution is 9.10. The Bertz CT molecular complexity index is 648. The van der Waals surface area contributed by atoms with Gasteiger partial charge in [0.25, 0.3) is 0 Å². The van der Waals surface area contributed by atoms with E-state index in [1.54, 1.807) is 25.1 Å². The molecule has 0 aliphatic heterocycles. The van der Waals surface area contributed by atoms with Gasteiger partial charge >= 0.3 is 17.8 Å². The summed E-state index contributed by atoms with van der Waals surface area (Å²) in [6.45, 7) is 3.23. The van der Waals surface area contributed by atoms with Crippen LogP contribution in [0.2, 0.25) is 0 Å². The number of benzene rings is 1. The van der Waals surface area contributed by atoms with Crippen molar-refractivity contribution in [2.24, 2.45) is 5.10 Å². The Hall–Kier alpha value is -2.42. The first-order valence-electron chi connectivity index (χ1n) is 7.11. The third-order valence-corrected chi connectivity index (χ3v) is 3.50. The molecule has 24 heavy (non-hydrogen) atoms. The van der Waals surface area contributed by atoms with Gasteiger partial charge in [0.05, 0.1) is 10.7 Å². The zero-order valence-corrected chi connectivity index (χ0v) is 14.8. The van der Waals surface area contributed by atoms with E-state index < -0.39 is 24.4 Å². The molecule has 0 heterocycles. The largest absolute Gasteiger partial charge is 0.481 e. The highest BCUT2D eigenvalue weighted by Crippen LogP contribution is 2.25. The molecule has 0 saturated heterocycles. The lowest BCUT2D eigenvalue weighted by Crippen LogP contribution is -2.41. The average Bonchev–Trinajstić information content (AvgIpc) is 2.53. The predicted molar refractivity (Wildman–Crippen MR) is 90.9 cm³/mol. The van der Waals surface area contributed by atoms with Gasteiger partial charge in [0.2, 0.25) is 0 Å². The maximum Gasteiger partial charge on any atom is 0.341 e. The number of carbonyl (C=O) groups excluding carboxylic acids is 2. The molecule has 1 aromatic rings. The van der Waals surface area contributed by atoms with Crippen LogP contribution in [0.15, 0.2) is 27.8 Å². The number of carbonyl (C=O) groups is 3. The van der Waals surface area contributed by atoms with Crippen LogP contribution in [0.25, 0.3) is 0 Å². The Morgan fingerprint density at radius 2 is 2.08 bits per heavy atom. The lowest BCUT2D eigenvalue weighted by molar-refractivity contribution is -0.139. The number of carboxylic acid groups (broad SMARTS) is 1. The first kappa shape index (κ1) is 19.6. The molecule has 0 bridgehead atoms. The summed E-state index contributed by atoms with van der Waals surface area (Å²) in [5, 5.41) is 14.8. The first-order valence-corrected chi connectivity index (χ1v) is 7.90. The number of carboxylic acids is 1. The van der Waals surface area contributed by atoms with Crippen molar-refractivity contribution < 1.29 is 24.2 Å². The molecular formula is C15H18BrN3O5. The summed E-state index contributed by atoms with van der Waals surface area (Å²) in [7, 11) is 0. The standard InChI is InChI=1S/C15H18BrN3O5/c1-3-9(2)18-14(22)15(23)19-17-7-10-4-5-12(11(16)6-10)24-8-13(20)21/h4-7,9H,3,8H2,1-2H3,(H,18,22)(H,19,23)(H,20,21)/b17-7-/t9-/m0/s1. The zero-order chi connectivity index (χ0) is 18.1. The van der Waals surface area contributed by atoms with Gasteiger partial charge < -0.3 is 15.2 Å². The van der Waals surface area contributed by atoms with Crippen LogP contribution in [0.1, 0.15) is 25.8 Å². The van der Waals surface area contributed by atoms with E-state index in [2.05, 4.69) is 31.8 Å². The van der Waals surface area contributed by atoms with Crippen LogP contribution in [0.3, 0.4) is 0 Å². The fourth-order valence-electron chi connectivity index (χ4n) is 1.46. The number of nitrogens with one attached hydrogen (secondary N) is 2. The van der Waals surface area contributed by atoms with Crippen molar-refractivity contribution in [2.45, 2.75) is 26.3 Å². The maximum atomic E-state index is 11.5. The number of aliphatic carboxylic acids is 1. The van der Waals surface area contributed by atoms with E-state index in [4.69, 9.17) is 9.84 Å². The van der Waals surface area contributed by atoms with Gasteiger partial charge in [-0.1, -0.05) is 6.92 Å². The molecule has 3 N–H and O–H groups in total. The van der Waals surface area contributed by atoms with Crippen molar-refractivity contribution in [1.29, 1.82) is 0 Å². The maximum absolute atomic E-state index is 11.5. The number of nitrogens with zero attached hydrogens (tertiary/aromatic N) is 1. The minimum absolute atomic E-state index is 0.0958. The topological polar surface area (TPSA) is 117 Å². The highest BCUT2D eigenvalue weighted by Gasteiger charge is 2.14. The fraction of sp³-hybridized carbons (Fsp3) is 0.333. The monoisotopic (exact) mass is 399 g/mol. The normalized spacial score (nSPS) is 11.8. The molecule has 9 heteroatoms. The van der Waals surface area contributed by atoms with Gasteiger partial charge in [0.15, 0.2) is 6.61 Å². The molecule has 2 amide bonds. The molecule has 0 saturated carbocycles. The van der Waals surface area contributed by atoms with E-state index in [9.17, 15) is 14.4 Å². The van der Waals surface area contributed by atoms with Crippen LogP contribution in [0.4, 0.5) is 0 Å². The second-order valence-electron chi connectivity index (χ2n) is 4.85. The summed E-state index contributed by atoms with van der Waals surface area (Å²) < 4.78 is 5.60. The molecule has 0 fully saturated rings. The van der Waals surface area contributed by atoms with Crippen molar-refractivity contribution in [1.82, 2.24) is 10.7 Å². The zero-order valence-electron chi connectivity index (χ0n) is 13.2. The summed E-state index contributed by atoms with van der Waals surface area (Å²) in [5.74, 6) is -2.32. The van der Waals surface area contributed by atoms with E-state index >= 15 is 0 Å². The number of hydrazone groups is 1. The molecule has 0 unspecified atom stereocenters. The van der Waals surface area contributed by atoms with Crippen molar-refractivity contribution in [2.75, 3.05) is 6.61 Å². The van der Waals surface area contributed by atoms with Crippen LogP contribution in [0.5, 0.6) is 5.75 Å². The minimum atomic E-state index is -1.08. The molecule has 0 aliphatic rings. The average molecular weight is 400 g/mol. The van der Waals surface area contributed by atoms with Gasteiger partial charge in [-0.25, -0.2) is 10.2 Å². The van der Waals surface area contributed by atoms with E-state index in [1.807, 2.05) is 6.92 Å². The number of hydrogen-bond donors (Lipinski definition) is 3. The van der Waals surface area contributed by atoms with Crippen molar-refractivity contribution in [3.8, 4) is 5.75 Å². The SMILES string of the molecule is CC[C@H](C)NC(=O)C(=O)N/N=C\c1ccc(OCC(=O)O)c(Br)c1. The van der Waals surface area contributed by atoms with Gasteiger partial charge in [-0.15, -0.1) is 0 Å². The van der Waals surface area contributed by atoms with Crippen molar-refractivity contribution in [3.05, 3.63) is 28.2 Å². The van der Waals surface area contributed by atoms with E-state index in [0.717, 1.165) is 0 Å². The Kier molecular flexibility index (Phi) is 7.90. The number of amides is 2. The number of hydrogen-bond acceptors (Lipinski definition) is 5. The van der Waals surface area contributed by atoms with Crippen molar-refractivity contribution >= 4 is 39.9 Å². The highest BCUT2D eigenvalue weighted by atomic mass is 79.9. The van der Waals surface area contributed by atoms with Gasteiger partial charge in [0.1, 0.15) is 5.75 Å². The summed E-state index contributed by atoms with van der Waals surface area (Å²) in [6, 6.07) is 4.72. The molecule has 0 spiro atoms. The van der Waals surface area contributed by atoms with E-state index in [-0.39, 0.29) is 6.04 Å². The van der Waals surface area contributed by atoms with Crippen LogP contribution >= 0.6 is 15.9 Å². The van der Waals surface area contributed by atoms with Crippen LogP contribution in [-0.2, 0) is 14.4 Å². The lowest BCUT2D eigenvalue weighted by atomic mass is 10.2. The third kappa shape index (κ3) is 6.78. The smallest absolute Gasteiger partial charge is 0.341 e. The minimum Gasteiger partial charge on any atom is -0.481 e. The van der Waals surface area contributed by atoms with Crippen molar-refractivity contribution in [3.63, 3.8) is 0 Å². The fourth-order valence-corrected chi connectivity index (χ4v) is 1.97. The summed E-state index contributed by atoms with van der Waals surface area (Å²) in [4.78, 5) is 33.5. The van der Waals surface area contributed by atoms with Gasteiger partial charge in [-0.2, -0.15) is 5.10 Å². The van der Waals surface area contributed by atoms with Crippen LogP contribution in [0, 0.1) is 0 Å². The van der Waals surface area contributed by atoms with Gasteiger partial charge in [0, 0.05) is 6.04 Å². The third-order valence-electron chi connectivity index (χ3n) is 2.88. The number of rotatable bonds is 7. The molecule has 1 atom stereocenters. The van der Waals surface area contributed by atoms with Crippen LogP contribution in [-0.4, -0.2) is 41.8 Å². The molecule has 130 valence electrons.